The fourth-order valence-corrected chi connectivity index (χ4v) is 6.61. The van der Waals surface area contributed by atoms with Crippen LogP contribution in [0.1, 0.15) is 41.6 Å². The van der Waals surface area contributed by atoms with E-state index in [4.69, 9.17) is 0 Å². The highest BCUT2D eigenvalue weighted by Gasteiger charge is 2.47. The van der Waals surface area contributed by atoms with Crippen LogP contribution in [-0.2, 0) is 10.0 Å². The number of rotatable bonds is 4. The van der Waals surface area contributed by atoms with E-state index in [2.05, 4.69) is 5.32 Å². The molecule has 0 aliphatic carbocycles. The summed E-state index contributed by atoms with van der Waals surface area (Å²) in [6.45, 7) is 1.66. The van der Waals surface area contributed by atoms with Gasteiger partial charge in [-0.25, -0.2) is 17.2 Å². The van der Waals surface area contributed by atoms with Crippen molar-refractivity contribution >= 4 is 15.9 Å². The van der Waals surface area contributed by atoms with Crippen LogP contribution in [0.15, 0.2) is 47.4 Å². The minimum atomic E-state index is -3.82. The predicted octanol–water partition coefficient (Wildman–Crippen LogP) is 3.39. The summed E-state index contributed by atoms with van der Waals surface area (Å²) in [4.78, 5) is 12.4. The highest BCUT2D eigenvalue weighted by atomic mass is 32.2. The number of fused-ring (bicyclic) bond motifs is 2. The quantitative estimate of drug-likeness (QED) is 0.825. The molecule has 154 valence electrons. The maximum atomic E-state index is 13.7. The topological polar surface area (TPSA) is 66.5 Å². The molecule has 2 aliphatic rings. The van der Waals surface area contributed by atoms with E-state index >= 15 is 0 Å². The predicted molar refractivity (Wildman–Crippen MR) is 104 cm³/mol. The largest absolute Gasteiger partial charge is 0.349 e. The molecule has 0 aromatic heterocycles. The third-order valence-corrected chi connectivity index (χ3v) is 7.96. The number of nitrogens with one attached hydrogen (secondary N) is 1. The molecule has 2 fully saturated rings. The van der Waals surface area contributed by atoms with Crippen LogP contribution in [0.25, 0.3) is 0 Å². The van der Waals surface area contributed by atoms with E-state index in [1.807, 2.05) is 0 Å². The fourth-order valence-electron chi connectivity index (χ4n) is 4.48. The standard InChI is InChI=1S/C21H22F2N2O3S/c1-13-2-5-16(23)10-20(13)29(27,28)25-18-8-9-19(25)12-17(11-18)24-21(26)14-3-6-15(22)7-4-14/h2-7,10,17-19H,8-9,11-12H2,1H3,(H,24,26)/t17?,18-,19+. The molecule has 2 aromatic carbocycles. The van der Waals surface area contributed by atoms with Gasteiger partial charge in [0.2, 0.25) is 10.0 Å². The minimum Gasteiger partial charge on any atom is -0.349 e. The van der Waals surface area contributed by atoms with Crippen LogP contribution < -0.4 is 5.32 Å². The number of sulfonamides is 1. The molecule has 2 aromatic rings. The van der Waals surface area contributed by atoms with Gasteiger partial charge in [-0.15, -0.1) is 0 Å². The summed E-state index contributed by atoms with van der Waals surface area (Å²) in [5, 5.41) is 2.94. The molecule has 0 radical (unpaired) electrons. The van der Waals surface area contributed by atoms with Crippen LogP contribution in [0.4, 0.5) is 8.78 Å². The first-order valence-corrected chi connectivity index (χ1v) is 11.1. The molecule has 2 heterocycles. The average molecular weight is 420 g/mol. The lowest BCUT2D eigenvalue weighted by atomic mass is 9.99. The number of benzene rings is 2. The number of hydrogen-bond donors (Lipinski definition) is 1. The van der Waals surface area contributed by atoms with E-state index in [1.54, 1.807) is 6.92 Å². The van der Waals surface area contributed by atoms with Crippen molar-refractivity contribution in [1.82, 2.24) is 9.62 Å². The monoisotopic (exact) mass is 420 g/mol. The van der Waals surface area contributed by atoms with Crippen LogP contribution >= 0.6 is 0 Å². The maximum Gasteiger partial charge on any atom is 0.251 e. The molecular weight excluding hydrogens is 398 g/mol. The van der Waals surface area contributed by atoms with Crippen LogP contribution in [0.5, 0.6) is 0 Å². The molecule has 3 atom stereocenters. The molecular formula is C21H22F2N2O3S. The molecule has 2 aliphatic heterocycles. The molecule has 0 saturated carbocycles. The molecule has 1 amide bonds. The van der Waals surface area contributed by atoms with Gasteiger partial charge in [-0.05, 0) is 74.6 Å². The Bertz CT molecular complexity index is 1030. The van der Waals surface area contributed by atoms with Gasteiger partial charge in [-0.3, -0.25) is 4.79 Å². The van der Waals surface area contributed by atoms with Gasteiger partial charge in [0.15, 0.2) is 0 Å². The third kappa shape index (κ3) is 3.79. The Morgan fingerprint density at radius 3 is 2.21 bits per heavy atom. The van der Waals surface area contributed by atoms with E-state index in [1.165, 1.54) is 40.7 Å². The van der Waals surface area contributed by atoms with Crippen molar-refractivity contribution in [2.75, 3.05) is 0 Å². The van der Waals surface area contributed by atoms with Crippen LogP contribution in [-0.4, -0.2) is 36.8 Å². The van der Waals surface area contributed by atoms with Gasteiger partial charge in [0.1, 0.15) is 11.6 Å². The zero-order valence-electron chi connectivity index (χ0n) is 15.9. The highest BCUT2D eigenvalue weighted by molar-refractivity contribution is 7.89. The van der Waals surface area contributed by atoms with Crippen molar-refractivity contribution in [3.63, 3.8) is 0 Å². The zero-order chi connectivity index (χ0) is 20.8. The molecule has 29 heavy (non-hydrogen) atoms. The van der Waals surface area contributed by atoms with Crippen LogP contribution in [0.2, 0.25) is 0 Å². The van der Waals surface area contributed by atoms with Crippen molar-refractivity contribution in [3.8, 4) is 0 Å². The van der Waals surface area contributed by atoms with Crippen molar-refractivity contribution in [3.05, 3.63) is 65.2 Å². The van der Waals surface area contributed by atoms with Gasteiger partial charge in [-0.2, -0.15) is 4.31 Å². The summed E-state index contributed by atoms with van der Waals surface area (Å²) in [7, 11) is -3.82. The summed E-state index contributed by atoms with van der Waals surface area (Å²) in [6, 6.07) is 8.47. The van der Waals surface area contributed by atoms with Gasteiger partial charge in [0.05, 0.1) is 4.90 Å². The van der Waals surface area contributed by atoms with Gasteiger partial charge in [0.25, 0.3) is 5.91 Å². The Morgan fingerprint density at radius 2 is 1.59 bits per heavy atom. The summed E-state index contributed by atoms with van der Waals surface area (Å²) >= 11 is 0. The van der Waals surface area contributed by atoms with Gasteiger partial charge in [0, 0.05) is 23.7 Å². The molecule has 1 unspecified atom stereocenters. The number of carbonyl (C=O) groups excluding carboxylic acids is 1. The lowest BCUT2D eigenvalue weighted by Crippen LogP contribution is -2.52. The molecule has 2 saturated heterocycles. The molecule has 0 spiro atoms. The maximum absolute atomic E-state index is 13.7. The highest BCUT2D eigenvalue weighted by Crippen LogP contribution is 2.40. The lowest BCUT2D eigenvalue weighted by Gasteiger charge is -2.38. The van der Waals surface area contributed by atoms with Crippen molar-refractivity contribution in [2.24, 2.45) is 0 Å². The summed E-state index contributed by atoms with van der Waals surface area (Å²) < 4.78 is 54.7. The van der Waals surface area contributed by atoms with E-state index in [0.29, 0.717) is 36.8 Å². The van der Waals surface area contributed by atoms with Crippen LogP contribution in [0.3, 0.4) is 0 Å². The number of amides is 1. The average Bonchev–Trinajstić information content (AvgIpc) is 2.96. The van der Waals surface area contributed by atoms with E-state index in [-0.39, 0.29) is 28.9 Å². The second kappa shape index (κ2) is 7.50. The van der Waals surface area contributed by atoms with Gasteiger partial charge in [-0.1, -0.05) is 6.07 Å². The number of halogens is 2. The summed E-state index contributed by atoms with van der Waals surface area (Å²) in [5.41, 5.74) is 0.877. The normalized spacial score (nSPS) is 24.4. The van der Waals surface area contributed by atoms with E-state index in [0.717, 1.165) is 6.07 Å². The van der Waals surface area contributed by atoms with Gasteiger partial charge < -0.3 is 5.32 Å². The Labute approximate surface area is 168 Å². The van der Waals surface area contributed by atoms with Crippen molar-refractivity contribution < 1.29 is 22.0 Å². The number of piperidine rings is 1. The minimum absolute atomic E-state index is 0.00296. The SMILES string of the molecule is Cc1ccc(F)cc1S(=O)(=O)N1[C@@H]2CC[C@H]1CC(NC(=O)c1ccc(F)cc1)C2. The number of nitrogens with zero attached hydrogens (tertiary/aromatic N) is 1. The summed E-state index contributed by atoms with van der Waals surface area (Å²) in [5.74, 6) is -1.29. The first-order chi connectivity index (χ1) is 13.8. The smallest absolute Gasteiger partial charge is 0.251 e. The second-order valence-corrected chi connectivity index (χ2v) is 9.59. The molecule has 4 rings (SSSR count). The molecule has 8 heteroatoms. The third-order valence-electron chi connectivity index (χ3n) is 5.81. The summed E-state index contributed by atoms with van der Waals surface area (Å²) in [6.07, 6.45) is 2.41. The molecule has 1 N–H and O–H groups in total. The Hall–Kier alpha value is -2.32. The molecule has 2 bridgehead atoms. The van der Waals surface area contributed by atoms with Gasteiger partial charge >= 0.3 is 0 Å². The first kappa shape index (κ1) is 20.0. The number of aryl methyl sites for hydroxylation is 1. The van der Waals surface area contributed by atoms with E-state index < -0.39 is 21.7 Å². The Balaban J connectivity index is 1.51. The van der Waals surface area contributed by atoms with E-state index in [9.17, 15) is 22.0 Å². The molecule has 5 nitrogen and oxygen atoms in total. The number of hydrogen-bond acceptors (Lipinski definition) is 3. The Morgan fingerprint density at radius 1 is 1.00 bits per heavy atom. The van der Waals surface area contributed by atoms with Crippen LogP contribution in [0, 0.1) is 18.6 Å². The zero-order valence-corrected chi connectivity index (χ0v) is 16.8. The lowest BCUT2D eigenvalue weighted by molar-refractivity contribution is 0.0909. The first-order valence-electron chi connectivity index (χ1n) is 9.62. The number of carbonyl (C=O) groups is 1. The fraction of sp³-hybridized carbons (Fsp3) is 0.381. The van der Waals surface area contributed by atoms with Crippen molar-refractivity contribution in [2.45, 2.75) is 55.6 Å². The van der Waals surface area contributed by atoms with Crippen molar-refractivity contribution in [1.29, 1.82) is 0 Å². The second-order valence-electron chi connectivity index (χ2n) is 7.78. The Kier molecular flexibility index (Phi) is 5.16.